The molecule has 3 N–H and O–H groups in total. The van der Waals surface area contributed by atoms with Crippen LogP contribution in [-0.2, 0) is 28.2 Å². The highest BCUT2D eigenvalue weighted by Crippen LogP contribution is 2.35. The Balaban J connectivity index is 2.46. The summed E-state index contributed by atoms with van der Waals surface area (Å²) in [4.78, 5) is 56.3. The molecule has 0 saturated carbocycles. The number of esters is 2. The fourth-order valence-electron chi connectivity index (χ4n) is 6.19. The Bertz CT molecular complexity index is 1130. The molecule has 0 unspecified atom stereocenters. The van der Waals surface area contributed by atoms with Crippen molar-refractivity contribution in [1.82, 2.24) is 5.32 Å². The van der Waals surface area contributed by atoms with Crippen molar-refractivity contribution in [3.8, 4) is 5.75 Å². The van der Waals surface area contributed by atoms with Gasteiger partial charge < -0.3 is 29.3 Å². The first-order chi connectivity index (χ1) is 26.2. The Labute approximate surface area is 326 Å². The third-order valence-electron chi connectivity index (χ3n) is 9.46. The van der Waals surface area contributed by atoms with E-state index in [0.717, 1.165) is 38.5 Å². The van der Waals surface area contributed by atoms with Crippen LogP contribution in [0.15, 0.2) is 24.3 Å². The van der Waals surface area contributed by atoms with E-state index in [9.17, 15) is 18.9 Å². The molecule has 0 aliphatic rings. The first-order valence-corrected chi connectivity index (χ1v) is 22.7. The first kappa shape index (κ1) is 49.6. The number of benzene rings is 1. The molecule has 0 aromatic heterocycles. The molecule has 0 spiro atoms. The van der Waals surface area contributed by atoms with Gasteiger partial charge in [0.1, 0.15) is 18.4 Å². The van der Waals surface area contributed by atoms with Gasteiger partial charge in [-0.3, -0.25) is 14.1 Å². The minimum atomic E-state index is -4.58. The zero-order valence-corrected chi connectivity index (χ0v) is 34.6. The number of amides is 1. The van der Waals surface area contributed by atoms with Crippen molar-refractivity contribution in [3.63, 3.8) is 0 Å². The molecule has 1 rings (SSSR count). The first-order valence-electron chi connectivity index (χ1n) is 21.2. The quantitative estimate of drug-likeness (QED) is 0.0337. The molecule has 312 valence electrons. The van der Waals surface area contributed by atoms with Gasteiger partial charge in [0.25, 0.3) is 5.91 Å². The van der Waals surface area contributed by atoms with Gasteiger partial charge in [0.2, 0.25) is 0 Å². The van der Waals surface area contributed by atoms with Gasteiger partial charge in [-0.25, -0.2) is 9.36 Å². The molecule has 0 aliphatic carbocycles. The molecule has 0 fully saturated rings. The summed E-state index contributed by atoms with van der Waals surface area (Å²) in [6, 6.07) is 5.05. The van der Waals surface area contributed by atoms with Gasteiger partial charge in [-0.05, 0) is 43.5 Å². The van der Waals surface area contributed by atoms with Crippen LogP contribution in [0.4, 0.5) is 0 Å². The van der Waals surface area contributed by atoms with Crippen molar-refractivity contribution in [2.75, 3.05) is 26.4 Å². The summed E-state index contributed by atoms with van der Waals surface area (Å²) in [6.45, 7) is 4.67. The highest BCUT2D eigenvalue weighted by molar-refractivity contribution is 7.46. The predicted molar refractivity (Wildman–Crippen MR) is 214 cm³/mol. The third-order valence-corrected chi connectivity index (χ3v) is 9.98. The maximum atomic E-state index is 13.1. The Morgan fingerprint density at radius 3 is 1.46 bits per heavy atom. The van der Waals surface area contributed by atoms with Gasteiger partial charge in [0, 0.05) is 12.0 Å². The number of hydrogen-bond acceptors (Lipinski definition) is 8. The molecule has 0 bridgehead atoms. The maximum absolute atomic E-state index is 13.1. The van der Waals surface area contributed by atoms with Crippen molar-refractivity contribution < 1.29 is 47.5 Å². The number of phosphoric acid groups is 1. The van der Waals surface area contributed by atoms with E-state index < -0.39 is 31.7 Å². The fourth-order valence-corrected chi connectivity index (χ4v) is 6.50. The van der Waals surface area contributed by atoms with E-state index in [4.69, 9.17) is 24.0 Å². The number of nitrogens with one attached hydrogen (secondary N) is 1. The van der Waals surface area contributed by atoms with Crippen LogP contribution in [0.5, 0.6) is 5.75 Å². The summed E-state index contributed by atoms with van der Waals surface area (Å²) in [5.41, 5.74) is 0.266. The van der Waals surface area contributed by atoms with Gasteiger partial charge in [0.05, 0.1) is 19.8 Å². The molecule has 1 aromatic rings. The molecular weight excluding hydrogens is 709 g/mol. The van der Waals surface area contributed by atoms with Crippen LogP contribution in [0, 0.1) is 0 Å². The zero-order chi connectivity index (χ0) is 39.5. The maximum Gasteiger partial charge on any atom is 0.469 e. The summed E-state index contributed by atoms with van der Waals surface area (Å²) in [5, 5.41) is 2.72. The molecule has 12 heteroatoms. The number of hydrogen-bond donors (Lipinski definition) is 3. The SMILES string of the molecule is CCCCCCCCCCCCCCOC(=O)CC[C@H](NC(=O)c1ccc(OCCOP(=O)(O)O)cc1)C(=O)OCCCCCCCCCCCCCC. The molecule has 54 heavy (non-hydrogen) atoms. The molecule has 0 saturated heterocycles. The van der Waals surface area contributed by atoms with Crippen molar-refractivity contribution in [2.45, 2.75) is 187 Å². The lowest BCUT2D eigenvalue weighted by atomic mass is 10.1. The van der Waals surface area contributed by atoms with E-state index in [-0.39, 0.29) is 38.2 Å². The monoisotopic (exact) mass is 784 g/mol. The predicted octanol–water partition coefficient (Wildman–Crippen LogP) is 10.5. The van der Waals surface area contributed by atoms with Crippen LogP contribution in [-0.4, -0.2) is 60.1 Å². The molecule has 1 atom stereocenters. The summed E-state index contributed by atoms with van der Waals surface area (Å²) in [7, 11) is -4.58. The standard InChI is InChI=1S/C42H74NO10P/c1-3-5-7-9-11-13-15-17-19-21-23-25-33-51-40(44)32-31-39(42(46)52-34-26-24-22-20-18-16-14-12-10-8-6-4-2)43-41(45)37-27-29-38(30-28-37)50-35-36-53-54(47,48)49/h27-30,39H,3-26,31-36H2,1-2H3,(H,43,45)(H2,47,48,49)/t39-/m0/s1. The third kappa shape index (κ3) is 29.8. The van der Waals surface area contributed by atoms with Gasteiger partial charge >= 0.3 is 19.8 Å². The van der Waals surface area contributed by atoms with Crippen molar-refractivity contribution in [1.29, 1.82) is 0 Å². The molecule has 1 aromatic carbocycles. The van der Waals surface area contributed by atoms with E-state index in [1.807, 2.05) is 0 Å². The average Bonchev–Trinajstić information content (AvgIpc) is 3.15. The van der Waals surface area contributed by atoms with Crippen LogP contribution in [0.2, 0.25) is 0 Å². The number of unbranched alkanes of at least 4 members (excludes halogenated alkanes) is 22. The Morgan fingerprint density at radius 1 is 0.593 bits per heavy atom. The minimum Gasteiger partial charge on any atom is -0.491 e. The molecule has 0 radical (unpaired) electrons. The fraction of sp³-hybridized carbons (Fsp3) is 0.786. The van der Waals surface area contributed by atoms with Crippen LogP contribution >= 0.6 is 7.82 Å². The number of ether oxygens (including phenoxy) is 3. The van der Waals surface area contributed by atoms with Crippen LogP contribution in [0.1, 0.15) is 191 Å². The Hall–Kier alpha value is -2.46. The topological polar surface area (TPSA) is 158 Å². The summed E-state index contributed by atoms with van der Waals surface area (Å²) < 4.78 is 31.6. The van der Waals surface area contributed by atoms with E-state index in [1.165, 1.54) is 140 Å². The summed E-state index contributed by atoms with van der Waals surface area (Å²) in [6.07, 6.45) is 29.1. The van der Waals surface area contributed by atoms with Crippen LogP contribution in [0.25, 0.3) is 0 Å². The number of carbonyl (C=O) groups is 3. The second-order valence-electron chi connectivity index (χ2n) is 14.4. The number of carbonyl (C=O) groups excluding carboxylic acids is 3. The normalized spacial score (nSPS) is 12.0. The lowest BCUT2D eigenvalue weighted by molar-refractivity contribution is -0.147. The van der Waals surface area contributed by atoms with Gasteiger partial charge in [-0.15, -0.1) is 0 Å². The van der Waals surface area contributed by atoms with Gasteiger partial charge in [-0.2, -0.15) is 0 Å². The molecular formula is C42H74NO10P. The second kappa shape index (κ2) is 33.8. The zero-order valence-electron chi connectivity index (χ0n) is 33.7. The lowest BCUT2D eigenvalue weighted by Crippen LogP contribution is -2.42. The lowest BCUT2D eigenvalue weighted by Gasteiger charge is -2.18. The average molecular weight is 784 g/mol. The van der Waals surface area contributed by atoms with E-state index in [2.05, 4.69) is 23.7 Å². The van der Waals surface area contributed by atoms with E-state index in [1.54, 1.807) is 0 Å². The van der Waals surface area contributed by atoms with Gasteiger partial charge in [-0.1, -0.05) is 155 Å². The highest BCUT2D eigenvalue weighted by Gasteiger charge is 2.24. The highest BCUT2D eigenvalue weighted by atomic mass is 31.2. The number of rotatable bonds is 37. The Kier molecular flexibility index (Phi) is 31.1. The smallest absolute Gasteiger partial charge is 0.469 e. The summed E-state index contributed by atoms with van der Waals surface area (Å²) >= 11 is 0. The van der Waals surface area contributed by atoms with E-state index in [0.29, 0.717) is 12.4 Å². The largest absolute Gasteiger partial charge is 0.491 e. The van der Waals surface area contributed by atoms with Crippen molar-refractivity contribution >= 4 is 25.7 Å². The minimum absolute atomic E-state index is 0.0274. The molecule has 11 nitrogen and oxygen atoms in total. The van der Waals surface area contributed by atoms with Crippen LogP contribution in [0.3, 0.4) is 0 Å². The Morgan fingerprint density at radius 2 is 1.02 bits per heavy atom. The molecule has 0 heterocycles. The van der Waals surface area contributed by atoms with Gasteiger partial charge in [0.15, 0.2) is 0 Å². The van der Waals surface area contributed by atoms with Crippen LogP contribution < -0.4 is 10.1 Å². The summed E-state index contributed by atoms with van der Waals surface area (Å²) in [5.74, 6) is -1.13. The second-order valence-corrected chi connectivity index (χ2v) is 15.7. The van der Waals surface area contributed by atoms with E-state index >= 15 is 0 Å². The molecule has 1 amide bonds. The number of phosphoric ester groups is 1. The van der Waals surface area contributed by atoms with Crippen molar-refractivity contribution in [2.24, 2.45) is 0 Å². The molecule has 0 aliphatic heterocycles. The van der Waals surface area contributed by atoms with Crippen molar-refractivity contribution in [3.05, 3.63) is 29.8 Å².